The summed E-state index contributed by atoms with van der Waals surface area (Å²) in [6.45, 7) is 0.771. The average molecular weight is 296 g/mol. The number of nitrogens with zero attached hydrogens (tertiary/aromatic N) is 2. The Morgan fingerprint density at radius 3 is 2.48 bits per heavy atom. The summed E-state index contributed by atoms with van der Waals surface area (Å²) in [7, 11) is 0. The molecule has 0 spiro atoms. The number of nitriles is 1. The molecule has 0 radical (unpaired) electrons. The van der Waals surface area contributed by atoms with Gasteiger partial charge in [-0.1, -0.05) is 30.3 Å². The number of halogens is 1. The van der Waals surface area contributed by atoms with Crippen molar-refractivity contribution < 1.29 is 17.0 Å². The van der Waals surface area contributed by atoms with Gasteiger partial charge in [-0.15, -0.1) is 0 Å². The van der Waals surface area contributed by atoms with Gasteiger partial charge in [0.1, 0.15) is 6.07 Å². The first kappa shape index (κ1) is 14.8. The maximum absolute atomic E-state index is 9.26. The van der Waals surface area contributed by atoms with Crippen LogP contribution in [0.25, 0.3) is 10.9 Å². The first-order valence-electron chi connectivity index (χ1n) is 6.44. The van der Waals surface area contributed by atoms with Gasteiger partial charge in [-0.2, -0.15) is 9.83 Å². The Labute approximate surface area is 129 Å². The fraction of sp³-hybridized carbons (Fsp3) is 0.0588. The lowest BCUT2D eigenvalue weighted by molar-refractivity contribution is -0.662. The first-order chi connectivity index (χ1) is 9.79. The molecule has 4 heteroatoms. The summed E-state index contributed by atoms with van der Waals surface area (Å²) in [5, 5.41) is 10.2. The van der Waals surface area contributed by atoms with Crippen molar-refractivity contribution in [2.75, 3.05) is 5.73 Å². The van der Waals surface area contributed by atoms with Crippen molar-refractivity contribution in [1.29, 1.82) is 5.26 Å². The molecule has 0 amide bonds. The second-order valence-corrected chi connectivity index (χ2v) is 4.70. The second-order valence-electron chi connectivity index (χ2n) is 4.70. The highest BCUT2D eigenvalue weighted by Crippen LogP contribution is 2.21. The molecule has 3 aromatic rings. The lowest BCUT2D eigenvalue weighted by Gasteiger charge is -2.04. The van der Waals surface area contributed by atoms with Crippen LogP contribution in [0.2, 0.25) is 0 Å². The number of rotatable bonds is 2. The molecule has 0 aliphatic carbocycles. The van der Waals surface area contributed by atoms with E-state index in [0.29, 0.717) is 11.3 Å². The number of aromatic nitrogens is 1. The minimum atomic E-state index is 0. The van der Waals surface area contributed by atoms with E-state index >= 15 is 0 Å². The van der Waals surface area contributed by atoms with Crippen LogP contribution in [0.1, 0.15) is 11.1 Å². The quantitative estimate of drug-likeness (QED) is 0.518. The van der Waals surface area contributed by atoms with Crippen LogP contribution in [0.5, 0.6) is 0 Å². The summed E-state index contributed by atoms with van der Waals surface area (Å²) in [5.74, 6) is 0. The van der Waals surface area contributed by atoms with E-state index in [1.807, 2.05) is 42.6 Å². The summed E-state index contributed by atoms with van der Waals surface area (Å²) < 4.78 is 2.13. The number of hydrogen-bond donors (Lipinski definition) is 1. The Morgan fingerprint density at radius 1 is 1.00 bits per heavy atom. The van der Waals surface area contributed by atoms with Crippen LogP contribution in [0, 0.1) is 11.3 Å². The van der Waals surface area contributed by atoms with Gasteiger partial charge in [0, 0.05) is 17.7 Å². The standard InChI is InChI=1S/C17H14N3.ClH/c18-11-15-14-7-4-10-20(17(14)9-8-16(15)19)12-13-5-2-1-3-6-13;/h1-10H,12,19H2;1H/q+1;/p-1. The van der Waals surface area contributed by atoms with E-state index in [4.69, 9.17) is 5.73 Å². The highest BCUT2D eigenvalue weighted by atomic mass is 35.5. The predicted molar refractivity (Wildman–Crippen MR) is 78.8 cm³/mol. The fourth-order valence-electron chi connectivity index (χ4n) is 2.41. The van der Waals surface area contributed by atoms with Gasteiger partial charge < -0.3 is 18.1 Å². The number of nitrogens with two attached hydrogens (primary N) is 1. The Hall–Kier alpha value is -2.57. The molecule has 0 aliphatic heterocycles. The Morgan fingerprint density at radius 2 is 1.76 bits per heavy atom. The van der Waals surface area contributed by atoms with Gasteiger partial charge in [-0.05, 0) is 12.1 Å². The minimum absolute atomic E-state index is 0. The van der Waals surface area contributed by atoms with Gasteiger partial charge in [0.05, 0.1) is 16.6 Å². The maximum Gasteiger partial charge on any atom is 0.214 e. The van der Waals surface area contributed by atoms with Crippen molar-refractivity contribution in [3.8, 4) is 6.07 Å². The number of fused-ring (bicyclic) bond motifs is 1. The third-order valence-electron chi connectivity index (χ3n) is 3.40. The summed E-state index contributed by atoms with van der Waals surface area (Å²) in [4.78, 5) is 0. The van der Waals surface area contributed by atoms with Gasteiger partial charge >= 0.3 is 0 Å². The van der Waals surface area contributed by atoms with E-state index in [1.165, 1.54) is 5.56 Å². The number of nitrogen functional groups attached to an aromatic ring is 1. The molecule has 0 fully saturated rings. The van der Waals surface area contributed by atoms with Crippen molar-refractivity contribution in [1.82, 2.24) is 0 Å². The molecule has 3 rings (SSSR count). The normalized spacial score (nSPS) is 9.86. The molecule has 104 valence electrons. The molecule has 0 unspecified atom stereocenters. The topological polar surface area (TPSA) is 53.7 Å². The van der Waals surface area contributed by atoms with Crippen molar-refractivity contribution >= 4 is 16.6 Å². The third-order valence-corrected chi connectivity index (χ3v) is 3.40. The molecule has 1 heterocycles. The van der Waals surface area contributed by atoms with Crippen molar-refractivity contribution in [2.45, 2.75) is 6.54 Å². The molecule has 1 aromatic heterocycles. The van der Waals surface area contributed by atoms with E-state index < -0.39 is 0 Å². The molecule has 21 heavy (non-hydrogen) atoms. The van der Waals surface area contributed by atoms with Crippen LogP contribution in [-0.4, -0.2) is 0 Å². The van der Waals surface area contributed by atoms with Crippen molar-refractivity contribution in [2.24, 2.45) is 0 Å². The van der Waals surface area contributed by atoms with Crippen LogP contribution >= 0.6 is 0 Å². The maximum atomic E-state index is 9.26. The number of hydrogen-bond acceptors (Lipinski definition) is 2. The molecule has 2 N–H and O–H groups in total. The molecular weight excluding hydrogens is 282 g/mol. The largest absolute Gasteiger partial charge is 1.00 e. The van der Waals surface area contributed by atoms with Gasteiger partial charge in [0.15, 0.2) is 12.7 Å². The summed E-state index contributed by atoms with van der Waals surface area (Å²) >= 11 is 0. The van der Waals surface area contributed by atoms with E-state index in [1.54, 1.807) is 6.07 Å². The highest BCUT2D eigenvalue weighted by molar-refractivity contribution is 5.87. The van der Waals surface area contributed by atoms with Gasteiger partial charge in [-0.3, -0.25) is 0 Å². The summed E-state index contributed by atoms with van der Waals surface area (Å²) in [6, 6.07) is 20.1. The molecule has 2 aromatic carbocycles. The lowest BCUT2D eigenvalue weighted by atomic mass is 10.1. The van der Waals surface area contributed by atoms with E-state index in [-0.39, 0.29) is 12.4 Å². The van der Waals surface area contributed by atoms with Gasteiger partial charge in [-0.25, -0.2) is 0 Å². The summed E-state index contributed by atoms with van der Waals surface area (Å²) in [5.41, 5.74) is 9.18. The van der Waals surface area contributed by atoms with Crippen LogP contribution in [0.4, 0.5) is 5.69 Å². The average Bonchev–Trinajstić information content (AvgIpc) is 2.48. The second kappa shape index (κ2) is 6.25. The Balaban J connectivity index is 0.00000161. The smallest absolute Gasteiger partial charge is 0.214 e. The molecule has 0 atom stereocenters. The van der Waals surface area contributed by atoms with Gasteiger partial charge in [0.25, 0.3) is 0 Å². The first-order valence-corrected chi connectivity index (χ1v) is 6.44. The number of pyridine rings is 1. The molecular formula is C17H14ClN3. The van der Waals surface area contributed by atoms with Crippen molar-refractivity contribution in [3.05, 3.63) is 71.9 Å². The van der Waals surface area contributed by atoms with Crippen LogP contribution < -0.4 is 22.7 Å². The minimum Gasteiger partial charge on any atom is -1.00 e. The number of anilines is 1. The monoisotopic (exact) mass is 295 g/mol. The van der Waals surface area contributed by atoms with E-state index in [0.717, 1.165) is 17.4 Å². The molecule has 0 bridgehead atoms. The third kappa shape index (κ3) is 2.81. The summed E-state index contributed by atoms with van der Waals surface area (Å²) in [6.07, 6.45) is 2.02. The molecule has 0 saturated heterocycles. The number of benzene rings is 2. The van der Waals surface area contributed by atoms with E-state index in [9.17, 15) is 5.26 Å². The SMILES string of the molecule is N#Cc1c(N)ccc2c1ccc[n+]2Cc1ccccc1.[Cl-]. The molecule has 0 saturated carbocycles. The Kier molecular flexibility index (Phi) is 4.42. The zero-order valence-corrected chi connectivity index (χ0v) is 12.1. The lowest BCUT2D eigenvalue weighted by Crippen LogP contribution is -3.00. The van der Waals surface area contributed by atoms with Crippen LogP contribution in [-0.2, 0) is 6.54 Å². The Bertz CT molecular complexity index is 807. The van der Waals surface area contributed by atoms with E-state index in [2.05, 4.69) is 22.8 Å². The molecule has 0 aliphatic rings. The highest BCUT2D eigenvalue weighted by Gasteiger charge is 2.13. The predicted octanol–water partition coefficient (Wildman–Crippen LogP) is -0.367. The fourth-order valence-corrected chi connectivity index (χ4v) is 2.41. The van der Waals surface area contributed by atoms with Gasteiger partial charge in [0.2, 0.25) is 5.52 Å². The van der Waals surface area contributed by atoms with Crippen LogP contribution in [0.15, 0.2) is 60.8 Å². The zero-order chi connectivity index (χ0) is 13.9. The van der Waals surface area contributed by atoms with Crippen LogP contribution in [0.3, 0.4) is 0 Å². The molecule has 3 nitrogen and oxygen atoms in total. The van der Waals surface area contributed by atoms with Crippen molar-refractivity contribution in [3.63, 3.8) is 0 Å². The zero-order valence-electron chi connectivity index (χ0n) is 11.3.